The Bertz CT molecular complexity index is 567. The lowest BCUT2D eigenvalue weighted by Crippen LogP contribution is -1.95. The second-order valence-electron chi connectivity index (χ2n) is 4.24. The normalized spacial score (nSPS) is 9.38. The summed E-state index contributed by atoms with van der Waals surface area (Å²) in [5.41, 5.74) is 0.477. The van der Waals surface area contributed by atoms with Gasteiger partial charge < -0.3 is 0 Å². The number of aryl methyl sites for hydroxylation is 1. The highest BCUT2D eigenvalue weighted by Gasteiger charge is 2.21. The third kappa shape index (κ3) is 5.40. The third-order valence-corrected chi connectivity index (χ3v) is 2.66. The summed E-state index contributed by atoms with van der Waals surface area (Å²) < 4.78 is 0. The lowest BCUT2D eigenvalue weighted by Gasteiger charge is -1.93. The molecule has 110 valence electrons. The smallest absolute Gasteiger partial charge is 0.258 e. The number of benzene rings is 2. The second-order valence-corrected chi connectivity index (χ2v) is 4.24. The minimum Gasteiger partial charge on any atom is -0.258 e. The Kier molecular flexibility index (Phi) is 6.53. The minimum atomic E-state index is -0.780. The van der Waals surface area contributed by atoms with Crippen molar-refractivity contribution in [3.8, 4) is 0 Å². The lowest BCUT2D eigenvalue weighted by molar-refractivity contribution is -0.422. The van der Waals surface area contributed by atoms with Gasteiger partial charge in [0.1, 0.15) is 0 Å². The minimum absolute atomic E-state index is 0.484. The molecule has 0 radical (unpaired) electrons. The molecule has 0 aliphatic carbocycles. The van der Waals surface area contributed by atoms with E-state index in [1.807, 2.05) is 0 Å². The molecule has 0 aliphatic heterocycles. The molecule has 0 aromatic heterocycles. The number of nitrogens with zero attached hydrogens (tertiary/aromatic N) is 2. The highest BCUT2D eigenvalue weighted by Crippen LogP contribution is 2.24. The van der Waals surface area contributed by atoms with Gasteiger partial charge in [-0.1, -0.05) is 55.8 Å². The molecule has 0 spiro atoms. The summed E-state index contributed by atoms with van der Waals surface area (Å²) in [6.45, 7) is 2.20. The van der Waals surface area contributed by atoms with E-state index in [1.54, 1.807) is 0 Å². The summed E-state index contributed by atoms with van der Waals surface area (Å²) in [5, 5.41) is 20.5. The van der Waals surface area contributed by atoms with Crippen LogP contribution in [-0.2, 0) is 6.42 Å². The van der Waals surface area contributed by atoms with Crippen LogP contribution >= 0.6 is 0 Å². The van der Waals surface area contributed by atoms with Crippen molar-refractivity contribution >= 4 is 11.4 Å². The molecule has 6 nitrogen and oxygen atoms in total. The summed E-state index contributed by atoms with van der Waals surface area (Å²) >= 11 is 0. The first-order valence-corrected chi connectivity index (χ1v) is 6.48. The first kappa shape index (κ1) is 16.3. The first-order valence-electron chi connectivity index (χ1n) is 6.48. The van der Waals surface area contributed by atoms with Crippen LogP contribution in [0.1, 0.15) is 18.9 Å². The fourth-order valence-corrected chi connectivity index (χ4v) is 1.71. The molecule has 0 unspecified atom stereocenters. The molecule has 0 N–H and O–H groups in total. The van der Waals surface area contributed by atoms with E-state index in [2.05, 4.69) is 37.3 Å². The molecule has 0 atom stereocenters. The lowest BCUT2D eigenvalue weighted by atomic mass is 10.1. The molecule has 2 rings (SSSR count). The van der Waals surface area contributed by atoms with E-state index in [0.29, 0.717) is 0 Å². The van der Waals surface area contributed by atoms with E-state index >= 15 is 0 Å². The van der Waals surface area contributed by atoms with Crippen LogP contribution in [0.25, 0.3) is 0 Å². The Balaban J connectivity index is 0.000000219. The van der Waals surface area contributed by atoms with Gasteiger partial charge in [0.15, 0.2) is 0 Å². The van der Waals surface area contributed by atoms with Gasteiger partial charge in [-0.2, -0.15) is 0 Å². The van der Waals surface area contributed by atoms with Gasteiger partial charge in [-0.25, -0.2) is 0 Å². The van der Waals surface area contributed by atoms with Crippen molar-refractivity contribution in [1.29, 1.82) is 0 Å². The van der Waals surface area contributed by atoms with Crippen LogP contribution in [0, 0.1) is 20.2 Å². The van der Waals surface area contributed by atoms with Crippen LogP contribution in [0.4, 0.5) is 11.4 Å². The molecule has 0 saturated carbocycles. The van der Waals surface area contributed by atoms with Gasteiger partial charge in [-0.15, -0.1) is 0 Å². The van der Waals surface area contributed by atoms with Crippen LogP contribution in [0.3, 0.4) is 0 Å². The maximum Gasteiger partial charge on any atom is 0.346 e. The van der Waals surface area contributed by atoms with E-state index in [1.165, 1.54) is 30.5 Å². The maximum absolute atomic E-state index is 10.2. The van der Waals surface area contributed by atoms with Crippen molar-refractivity contribution in [3.63, 3.8) is 0 Å². The number of hydrogen-bond donors (Lipinski definition) is 0. The average Bonchev–Trinajstić information content (AvgIpc) is 2.49. The second kappa shape index (κ2) is 8.42. The van der Waals surface area contributed by atoms with E-state index in [9.17, 15) is 20.2 Å². The van der Waals surface area contributed by atoms with Crippen molar-refractivity contribution in [1.82, 2.24) is 0 Å². The standard InChI is InChI=1S/C9H12.C6H4N2O4/c1-2-6-9-7-4-3-5-8-9;9-7(10)5-3-1-2-4-6(5)8(11)12/h3-5,7-8H,2,6H2,1H3;1-4H. The molecule has 2 aromatic carbocycles. The summed E-state index contributed by atoms with van der Waals surface area (Å²) in [6.07, 6.45) is 2.45. The van der Waals surface area contributed by atoms with Crippen LogP contribution < -0.4 is 0 Å². The maximum atomic E-state index is 10.2. The summed E-state index contributed by atoms with van der Waals surface area (Å²) in [7, 11) is 0. The van der Waals surface area contributed by atoms with Crippen LogP contribution in [0.15, 0.2) is 54.6 Å². The zero-order chi connectivity index (χ0) is 15.7. The van der Waals surface area contributed by atoms with Crippen molar-refractivity contribution in [3.05, 3.63) is 80.4 Å². The molecule has 0 amide bonds. The third-order valence-electron chi connectivity index (χ3n) is 2.66. The van der Waals surface area contributed by atoms with Gasteiger partial charge in [0, 0.05) is 12.1 Å². The Morgan fingerprint density at radius 1 is 0.810 bits per heavy atom. The molecule has 6 heteroatoms. The molecule has 0 fully saturated rings. The molecule has 21 heavy (non-hydrogen) atoms. The number of nitro benzene ring substituents is 2. The largest absolute Gasteiger partial charge is 0.346 e. The van der Waals surface area contributed by atoms with E-state index in [0.717, 1.165) is 12.1 Å². The molecule has 0 saturated heterocycles. The van der Waals surface area contributed by atoms with Gasteiger partial charge in [-0.05, 0) is 12.0 Å². The average molecular weight is 288 g/mol. The van der Waals surface area contributed by atoms with Crippen LogP contribution in [0.5, 0.6) is 0 Å². The van der Waals surface area contributed by atoms with Crippen LogP contribution in [0.2, 0.25) is 0 Å². The molecule has 0 bridgehead atoms. The Labute approximate surface area is 122 Å². The quantitative estimate of drug-likeness (QED) is 0.624. The first-order chi connectivity index (χ1) is 10.1. The monoisotopic (exact) mass is 288 g/mol. The molecule has 0 heterocycles. The summed E-state index contributed by atoms with van der Waals surface area (Å²) in [4.78, 5) is 18.9. The Morgan fingerprint density at radius 3 is 1.62 bits per heavy atom. The van der Waals surface area contributed by atoms with Gasteiger partial charge in [0.25, 0.3) is 0 Å². The van der Waals surface area contributed by atoms with E-state index < -0.39 is 21.2 Å². The fourth-order valence-electron chi connectivity index (χ4n) is 1.71. The Morgan fingerprint density at radius 2 is 1.24 bits per heavy atom. The molecule has 2 aromatic rings. The SMILES string of the molecule is CCCc1ccccc1.O=[N+]([O-])c1ccccc1[N+](=O)[O-]. The van der Waals surface area contributed by atoms with Gasteiger partial charge in [0.05, 0.1) is 9.85 Å². The van der Waals surface area contributed by atoms with Crippen molar-refractivity contribution in [2.75, 3.05) is 0 Å². The highest BCUT2D eigenvalue weighted by molar-refractivity contribution is 5.51. The summed E-state index contributed by atoms with van der Waals surface area (Å²) in [5.74, 6) is 0. The number of para-hydroxylation sites is 2. The number of hydrogen-bond acceptors (Lipinski definition) is 4. The van der Waals surface area contributed by atoms with Crippen molar-refractivity contribution in [2.45, 2.75) is 19.8 Å². The number of nitro groups is 2. The van der Waals surface area contributed by atoms with Crippen molar-refractivity contribution < 1.29 is 9.85 Å². The number of rotatable bonds is 4. The van der Waals surface area contributed by atoms with Gasteiger partial charge in [-0.3, -0.25) is 20.2 Å². The van der Waals surface area contributed by atoms with Crippen molar-refractivity contribution in [2.24, 2.45) is 0 Å². The predicted molar refractivity (Wildman–Crippen MR) is 80.2 cm³/mol. The Hall–Kier alpha value is -2.76. The predicted octanol–water partition coefficient (Wildman–Crippen LogP) is 4.14. The summed E-state index contributed by atoms with van der Waals surface area (Å²) in [6, 6.07) is 15.5. The zero-order valence-corrected chi connectivity index (χ0v) is 11.6. The highest BCUT2D eigenvalue weighted by atomic mass is 16.6. The van der Waals surface area contributed by atoms with E-state index in [4.69, 9.17) is 0 Å². The van der Waals surface area contributed by atoms with Crippen LogP contribution in [-0.4, -0.2) is 9.85 Å². The fraction of sp³-hybridized carbons (Fsp3) is 0.200. The zero-order valence-electron chi connectivity index (χ0n) is 11.6. The van der Waals surface area contributed by atoms with Gasteiger partial charge in [0.2, 0.25) is 0 Å². The molecule has 0 aliphatic rings. The molecular formula is C15H16N2O4. The van der Waals surface area contributed by atoms with Gasteiger partial charge >= 0.3 is 11.4 Å². The topological polar surface area (TPSA) is 86.3 Å². The molecular weight excluding hydrogens is 272 g/mol. The van der Waals surface area contributed by atoms with E-state index in [-0.39, 0.29) is 0 Å².